The van der Waals surface area contributed by atoms with Gasteiger partial charge in [0.05, 0.1) is 13.0 Å². The quantitative estimate of drug-likeness (QED) is 0.290. The molecule has 0 N–H and O–H groups in total. The van der Waals surface area contributed by atoms with Crippen molar-refractivity contribution in [2.75, 3.05) is 7.11 Å². The summed E-state index contributed by atoms with van der Waals surface area (Å²) in [6.45, 7) is 1.44. The summed E-state index contributed by atoms with van der Waals surface area (Å²) in [7, 11) is 0.601. The van der Waals surface area contributed by atoms with Gasteiger partial charge in [0, 0.05) is 6.42 Å². The summed E-state index contributed by atoms with van der Waals surface area (Å²) in [5, 5.41) is 0. The lowest BCUT2D eigenvalue weighted by Crippen LogP contribution is -2.70. The molecule has 0 heterocycles. The van der Waals surface area contributed by atoms with Crippen LogP contribution in [0.4, 0.5) is 57.1 Å². The van der Waals surface area contributed by atoms with Crippen LogP contribution in [0.25, 0.3) is 0 Å². The fourth-order valence-corrected chi connectivity index (χ4v) is 2.16. The average molecular weight is 462 g/mol. The Morgan fingerprint density at radius 3 is 1.52 bits per heavy atom. The maximum absolute atomic E-state index is 13.8. The molecule has 0 saturated carbocycles. The van der Waals surface area contributed by atoms with Crippen molar-refractivity contribution in [3.63, 3.8) is 0 Å². The first kappa shape index (κ1) is 27.6. The molecule has 174 valence electrons. The van der Waals surface area contributed by atoms with E-state index in [9.17, 15) is 61.9 Å². The largest absolute Gasteiger partial charge is 0.469 e. The monoisotopic (exact) mass is 462 g/mol. The van der Waals surface area contributed by atoms with E-state index in [1.807, 2.05) is 0 Å². The van der Waals surface area contributed by atoms with Gasteiger partial charge in [-0.05, 0) is 6.42 Å². The van der Waals surface area contributed by atoms with Crippen molar-refractivity contribution in [3.05, 3.63) is 0 Å². The summed E-state index contributed by atoms with van der Waals surface area (Å²) < 4.78 is 173. The van der Waals surface area contributed by atoms with Crippen LogP contribution in [0.2, 0.25) is 0 Å². The van der Waals surface area contributed by atoms with E-state index in [1.54, 1.807) is 0 Å². The van der Waals surface area contributed by atoms with Gasteiger partial charge in [0.15, 0.2) is 0 Å². The summed E-state index contributed by atoms with van der Waals surface area (Å²) in [6, 6.07) is 0. The van der Waals surface area contributed by atoms with Crippen molar-refractivity contribution >= 4 is 5.97 Å². The second-order valence-corrected chi connectivity index (χ2v) is 6.07. The van der Waals surface area contributed by atoms with Crippen LogP contribution >= 0.6 is 0 Å². The summed E-state index contributed by atoms with van der Waals surface area (Å²) in [4.78, 5) is 11.4. The minimum absolute atomic E-state index is 0.111. The minimum Gasteiger partial charge on any atom is -0.469 e. The Hall–Kier alpha value is -1.44. The molecule has 0 aliphatic heterocycles. The lowest BCUT2D eigenvalue weighted by Gasteiger charge is -2.40. The summed E-state index contributed by atoms with van der Waals surface area (Å²) in [6.07, 6.45) is -10.6. The first-order valence-electron chi connectivity index (χ1n) is 7.69. The molecule has 0 rings (SSSR count). The van der Waals surface area contributed by atoms with Crippen molar-refractivity contribution < 1.29 is 66.6 Å². The highest BCUT2D eigenvalue weighted by molar-refractivity contribution is 5.72. The predicted molar refractivity (Wildman–Crippen MR) is 70.4 cm³/mol. The van der Waals surface area contributed by atoms with Gasteiger partial charge in [0.1, 0.15) is 0 Å². The Morgan fingerprint density at radius 1 is 0.759 bits per heavy atom. The van der Waals surface area contributed by atoms with Crippen LogP contribution in [-0.2, 0) is 9.53 Å². The number of hydrogen-bond acceptors (Lipinski definition) is 2. The molecule has 15 heteroatoms. The number of carbonyl (C=O) groups is 1. The molecule has 0 spiro atoms. The zero-order valence-corrected chi connectivity index (χ0v) is 14.6. The van der Waals surface area contributed by atoms with Gasteiger partial charge >= 0.3 is 41.8 Å². The number of rotatable bonds is 10. The fourth-order valence-electron chi connectivity index (χ4n) is 2.16. The third kappa shape index (κ3) is 4.67. The molecule has 1 unspecified atom stereocenters. The zero-order valence-electron chi connectivity index (χ0n) is 14.6. The molecule has 0 radical (unpaired) electrons. The molecule has 1 atom stereocenters. The van der Waals surface area contributed by atoms with E-state index in [0.717, 1.165) is 0 Å². The standard InChI is InChI=1S/C14H15F13O2/c1-3-4-5-7(8(28)29-2)6-9(15,16)10(17,18)11(19,20)12(21,22)13(23,24)14(25,26)27/h7H,3-6H2,1-2H3. The first-order chi connectivity index (χ1) is 12.7. The van der Waals surface area contributed by atoms with Crippen LogP contribution in [0.3, 0.4) is 0 Å². The number of carbonyl (C=O) groups excluding carboxylic acids is 1. The number of ether oxygens (including phenoxy) is 1. The van der Waals surface area contributed by atoms with Crippen LogP contribution in [0.15, 0.2) is 0 Å². The Morgan fingerprint density at radius 2 is 1.17 bits per heavy atom. The molecule has 2 nitrogen and oxygen atoms in total. The third-order valence-electron chi connectivity index (χ3n) is 3.94. The Kier molecular flexibility index (Phi) is 7.94. The SMILES string of the molecule is CCCCC(CC(F)(F)C(F)(F)C(F)(F)C(F)(F)C(F)(F)C(F)(F)F)C(=O)OC. The normalized spacial score (nSPS) is 16.0. The van der Waals surface area contributed by atoms with E-state index in [2.05, 4.69) is 4.74 Å². The summed E-state index contributed by atoms with van der Waals surface area (Å²) >= 11 is 0. The molecule has 29 heavy (non-hydrogen) atoms. The van der Waals surface area contributed by atoms with Gasteiger partial charge < -0.3 is 4.74 Å². The van der Waals surface area contributed by atoms with E-state index < -0.39 is 60.5 Å². The highest BCUT2D eigenvalue weighted by Crippen LogP contribution is 2.61. The van der Waals surface area contributed by atoms with Crippen molar-refractivity contribution in [2.45, 2.75) is 68.4 Å². The van der Waals surface area contributed by atoms with Gasteiger partial charge in [-0.3, -0.25) is 4.79 Å². The summed E-state index contributed by atoms with van der Waals surface area (Å²) in [5.41, 5.74) is 0. The number of hydrogen-bond donors (Lipinski definition) is 0. The molecule has 0 aliphatic carbocycles. The average Bonchev–Trinajstić information content (AvgIpc) is 2.55. The van der Waals surface area contributed by atoms with Crippen LogP contribution in [0.5, 0.6) is 0 Å². The van der Waals surface area contributed by atoms with E-state index in [-0.39, 0.29) is 12.8 Å². The molecule has 0 saturated heterocycles. The maximum atomic E-state index is 13.8. The minimum atomic E-state index is -7.95. The molecule has 0 aromatic rings. The molecule has 0 amide bonds. The third-order valence-corrected chi connectivity index (χ3v) is 3.94. The maximum Gasteiger partial charge on any atom is 0.460 e. The van der Waals surface area contributed by atoms with E-state index in [4.69, 9.17) is 0 Å². The molecule has 0 aromatic heterocycles. The summed E-state index contributed by atoms with van der Waals surface area (Å²) in [5.74, 6) is -41.1. The van der Waals surface area contributed by atoms with Crippen molar-refractivity contribution in [2.24, 2.45) is 5.92 Å². The molecular formula is C14H15F13O2. The molecular weight excluding hydrogens is 447 g/mol. The number of unbranched alkanes of at least 4 members (excludes halogenated alkanes) is 1. The van der Waals surface area contributed by atoms with Crippen molar-refractivity contribution in [3.8, 4) is 0 Å². The Bertz CT molecular complexity index is 568. The second kappa shape index (κ2) is 8.36. The lowest BCUT2D eigenvalue weighted by molar-refractivity contribution is -0.440. The van der Waals surface area contributed by atoms with Gasteiger partial charge in [-0.2, -0.15) is 57.1 Å². The molecule has 0 fully saturated rings. The van der Waals surface area contributed by atoms with Crippen LogP contribution in [0, 0.1) is 5.92 Å². The van der Waals surface area contributed by atoms with E-state index in [0.29, 0.717) is 7.11 Å². The van der Waals surface area contributed by atoms with Crippen LogP contribution in [0.1, 0.15) is 32.6 Å². The van der Waals surface area contributed by atoms with Crippen molar-refractivity contribution in [1.82, 2.24) is 0 Å². The van der Waals surface area contributed by atoms with Crippen LogP contribution in [-0.4, -0.2) is 48.9 Å². The highest BCUT2D eigenvalue weighted by atomic mass is 19.4. The van der Waals surface area contributed by atoms with Gasteiger partial charge in [-0.1, -0.05) is 19.8 Å². The molecule has 0 aromatic carbocycles. The number of esters is 1. The number of alkyl halides is 13. The van der Waals surface area contributed by atoms with E-state index >= 15 is 0 Å². The van der Waals surface area contributed by atoms with Crippen molar-refractivity contribution in [1.29, 1.82) is 0 Å². The predicted octanol–water partition coefficient (Wildman–Crippen LogP) is 6.09. The number of methoxy groups -OCH3 is 1. The van der Waals surface area contributed by atoms with Gasteiger partial charge in [-0.25, -0.2) is 0 Å². The van der Waals surface area contributed by atoms with Gasteiger partial charge in [0.25, 0.3) is 0 Å². The molecule has 0 aliphatic rings. The first-order valence-corrected chi connectivity index (χ1v) is 7.69. The smallest absolute Gasteiger partial charge is 0.460 e. The lowest BCUT2D eigenvalue weighted by atomic mass is 9.87. The second-order valence-electron chi connectivity index (χ2n) is 6.07. The zero-order chi connectivity index (χ0) is 23.7. The molecule has 0 bridgehead atoms. The topological polar surface area (TPSA) is 26.3 Å². The highest BCUT2D eigenvalue weighted by Gasteiger charge is 2.90. The fraction of sp³-hybridized carbons (Fsp3) is 0.929. The van der Waals surface area contributed by atoms with E-state index in [1.165, 1.54) is 6.92 Å². The Labute approximate surface area is 155 Å². The van der Waals surface area contributed by atoms with Gasteiger partial charge in [0.2, 0.25) is 0 Å². The van der Waals surface area contributed by atoms with Gasteiger partial charge in [-0.15, -0.1) is 0 Å². The number of halogens is 13. The van der Waals surface area contributed by atoms with Crippen LogP contribution < -0.4 is 0 Å². The Balaban J connectivity index is 6.17.